The van der Waals surface area contributed by atoms with Gasteiger partial charge in [0.05, 0.1) is 23.9 Å². The van der Waals surface area contributed by atoms with Crippen LogP contribution < -0.4 is 0 Å². The summed E-state index contributed by atoms with van der Waals surface area (Å²) in [5, 5.41) is 0. The summed E-state index contributed by atoms with van der Waals surface area (Å²) in [6, 6.07) is 14.1. The largest absolute Gasteiger partial charge is 0.465 e. The summed E-state index contributed by atoms with van der Waals surface area (Å²) < 4.78 is 7.31. The molecular weight excluding hydrogens is 346 g/mol. The van der Waals surface area contributed by atoms with Crippen molar-refractivity contribution in [2.24, 2.45) is 0 Å². The maximum absolute atomic E-state index is 12.7. The number of hydrogen-bond acceptors (Lipinski definition) is 3. The first kappa shape index (κ1) is 14.5. The third-order valence-corrected chi connectivity index (χ3v) is 3.87. The maximum atomic E-state index is 12.7. The van der Waals surface area contributed by atoms with Gasteiger partial charge in [0, 0.05) is 16.2 Å². The van der Waals surface area contributed by atoms with Crippen LogP contribution in [0.4, 0.5) is 0 Å². The van der Waals surface area contributed by atoms with Crippen molar-refractivity contribution in [2.45, 2.75) is 0 Å². The highest BCUT2D eigenvalue weighted by Crippen LogP contribution is 2.23. The Morgan fingerprint density at radius 2 is 1.82 bits per heavy atom. The van der Waals surface area contributed by atoms with E-state index < -0.39 is 5.97 Å². The lowest BCUT2D eigenvalue weighted by Gasteiger charge is -2.03. The summed E-state index contributed by atoms with van der Waals surface area (Å²) in [4.78, 5) is 24.6. The van der Waals surface area contributed by atoms with Crippen LogP contribution in [0, 0.1) is 0 Å². The fourth-order valence-electron chi connectivity index (χ4n) is 2.36. The molecule has 0 atom stereocenters. The lowest BCUT2D eigenvalue weighted by atomic mass is 10.1. The Kier molecular flexibility index (Phi) is 3.81. The maximum Gasteiger partial charge on any atom is 0.340 e. The number of methoxy groups -OCH3 is 1. The van der Waals surface area contributed by atoms with E-state index in [2.05, 4.69) is 15.9 Å². The number of esters is 1. The summed E-state index contributed by atoms with van der Waals surface area (Å²) in [5.74, 6) is -0.615. The van der Waals surface area contributed by atoms with E-state index in [1.165, 1.54) is 7.11 Å². The molecule has 0 aliphatic rings. The number of hydrogen-bond donors (Lipinski definition) is 0. The molecule has 0 amide bonds. The van der Waals surface area contributed by atoms with Crippen molar-refractivity contribution in [3.05, 3.63) is 76.0 Å². The summed E-state index contributed by atoms with van der Waals surface area (Å²) in [5.41, 5.74) is 1.99. The van der Waals surface area contributed by atoms with Crippen molar-refractivity contribution in [1.82, 2.24) is 4.40 Å². The Hall–Kier alpha value is -2.40. The highest BCUT2D eigenvalue weighted by molar-refractivity contribution is 9.10. The van der Waals surface area contributed by atoms with Gasteiger partial charge in [0.2, 0.25) is 5.78 Å². The van der Waals surface area contributed by atoms with Crippen molar-refractivity contribution >= 4 is 33.2 Å². The number of rotatable bonds is 3. The van der Waals surface area contributed by atoms with E-state index in [9.17, 15) is 9.59 Å². The number of pyridine rings is 1. The fraction of sp³-hybridized carbons (Fsp3) is 0.0588. The van der Waals surface area contributed by atoms with Crippen molar-refractivity contribution in [2.75, 3.05) is 7.11 Å². The van der Waals surface area contributed by atoms with Crippen molar-refractivity contribution in [1.29, 1.82) is 0 Å². The predicted octanol–water partition coefficient (Wildman–Crippen LogP) is 3.72. The second-order valence-corrected chi connectivity index (χ2v) is 5.65. The van der Waals surface area contributed by atoms with Gasteiger partial charge in [-0.15, -0.1) is 0 Å². The SMILES string of the molecule is COC(=O)c1cc(C(=O)c2ccccc2)n2cc(Br)ccc12. The van der Waals surface area contributed by atoms with Gasteiger partial charge in [-0.2, -0.15) is 0 Å². The van der Waals surface area contributed by atoms with E-state index in [1.807, 2.05) is 12.1 Å². The lowest BCUT2D eigenvalue weighted by Crippen LogP contribution is -2.04. The van der Waals surface area contributed by atoms with Gasteiger partial charge in [0.25, 0.3) is 0 Å². The molecule has 2 aromatic heterocycles. The molecule has 0 unspecified atom stereocenters. The molecule has 3 aromatic rings. The molecule has 5 heteroatoms. The van der Waals surface area contributed by atoms with Crippen LogP contribution in [0.2, 0.25) is 0 Å². The Morgan fingerprint density at radius 3 is 2.50 bits per heavy atom. The van der Waals surface area contributed by atoms with Crippen LogP contribution in [0.3, 0.4) is 0 Å². The molecule has 0 bridgehead atoms. The molecule has 4 nitrogen and oxygen atoms in total. The van der Waals surface area contributed by atoms with E-state index in [4.69, 9.17) is 4.74 Å². The minimum absolute atomic E-state index is 0.149. The zero-order valence-electron chi connectivity index (χ0n) is 11.7. The highest BCUT2D eigenvalue weighted by Gasteiger charge is 2.20. The van der Waals surface area contributed by atoms with Crippen LogP contribution in [-0.4, -0.2) is 23.3 Å². The fourth-order valence-corrected chi connectivity index (χ4v) is 2.70. The monoisotopic (exact) mass is 357 g/mol. The quantitative estimate of drug-likeness (QED) is 0.530. The molecule has 2 heterocycles. The number of halogens is 1. The first-order chi connectivity index (χ1) is 10.6. The van der Waals surface area contributed by atoms with Gasteiger partial charge in [0.15, 0.2) is 0 Å². The summed E-state index contributed by atoms with van der Waals surface area (Å²) >= 11 is 3.39. The standard InChI is InChI=1S/C17H12BrNO3/c1-22-17(21)13-9-15(16(20)11-5-3-2-4-6-11)19-10-12(18)7-8-14(13)19/h2-10H,1H3. The number of ether oxygens (including phenoxy) is 1. The summed E-state index contributed by atoms with van der Waals surface area (Å²) in [6.07, 6.45) is 1.76. The number of carbonyl (C=O) groups is 2. The average Bonchev–Trinajstić information content (AvgIpc) is 2.93. The van der Waals surface area contributed by atoms with E-state index in [-0.39, 0.29) is 5.78 Å². The van der Waals surface area contributed by atoms with Crippen molar-refractivity contribution < 1.29 is 14.3 Å². The average molecular weight is 358 g/mol. The van der Waals surface area contributed by atoms with Crippen LogP contribution in [0.15, 0.2) is 59.2 Å². The van der Waals surface area contributed by atoms with Gasteiger partial charge in [-0.1, -0.05) is 30.3 Å². The van der Waals surface area contributed by atoms with Gasteiger partial charge in [-0.3, -0.25) is 4.79 Å². The van der Waals surface area contributed by atoms with Gasteiger partial charge < -0.3 is 9.14 Å². The Labute approximate surface area is 135 Å². The van der Waals surface area contributed by atoms with E-state index in [0.717, 1.165) is 4.47 Å². The predicted molar refractivity (Wildman–Crippen MR) is 86.3 cm³/mol. The number of ketones is 1. The highest BCUT2D eigenvalue weighted by atomic mass is 79.9. The number of nitrogens with zero attached hydrogens (tertiary/aromatic N) is 1. The second-order valence-electron chi connectivity index (χ2n) is 4.73. The second kappa shape index (κ2) is 5.77. The number of benzene rings is 1. The molecule has 0 spiro atoms. The Bertz CT molecular complexity index is 868. The minimum Gasteiger partial charge on any atom is -0.465 e. The molecule has 0 radical (unpaired) electrons. The molecule has 0 aliphatic carbocycles. The molecule has 0 fully saturated rings. The first-order valence-corrected chi connectivity index (χ1v) is 7.40. The third kappa shape index (κ3) is 2.44. The third-order valence-electron chi connectivity index (χ3n) is 3.40. The van der Waals surface area contributed by atoms with Gasteiger partial charge in [-0.25, -0.2) is 4.79 Å². The van der Waals surface area contributed by atoms with Crippen molar-refractivity contribution in [3.8, 4) is 0 Å². The lowest BCUT2D eigenvalue weighted by molar-refractivity contribution is 0.0603. The molecule has 3 rings (SSSR count). The van der Waals surface area contributed by atoms with Gasteiger partial charge in [-0.05, 0) is 34.1 Å². The number of aromatic nitrogens is 1. The van der Waals surface area contributed by atoms with Crippen LogP contribution in [-0.2, 0) is 4.74 Å². The molecule has 1 aromatic carbocycles. The van der Waals surface area contributed by atoms with Crippen molar-refractivity contribution in [3.63, 3.8) is 0 Å². The molecule has 110 valence electrons. The minimum atomic E-state index is -0.466. The summed E-state index contributed by atoms with van der Waals surface area (Å²) in [6.45, 7) is 0. The zero-order valence-corrected chi connectivity index (χ0v) is 13.3. The molecule has 0 N–H and O–H groups in total. The molecule has 0 saturated heterocycles. The van der Waals surface area contributed by atoms with Crippen LogP contribution in [0.1, 0.15) is 26.4 Å². The summed E-state index contributed by atoms with van der Waals surface area (Å²) in [7, 11) is 1.32. The van der Waals surface area contributed by atoms with E-state index in [1.54, 1.807) is 47.0 Å². The first-order valence-electron chi connectivity index (χ1n) is 6.60. The molecule has 0 aliphatic heterocycles. The van der Waals surface area contributed by atoms with Gasteiger partial charge in [0.1, 0.15) is 0 Å². The zero-order chi connectivity index (χ0) is 15.7. The van der Waals surface area contributed by atoms with Gasteiger partial charge >= 0.3 is 5.97 Å². The normalized spacial score (nSPS) is 10.6. The Balaban J connectivity index is 2.23. The smallest absolute Gasteiger partial charge is 0.340 e. The Morgan fingerprint density at radius 1 is 1.09 bits per heavy atom. The molecule has 22 heavy (non-hydrogen) atoms. The topological polar surface area (TPSA) is 47.8 Å². The number of fused-ring (bicyclic) bond motifs is 1. The van der Waals surface area contributed by atoms with Crippen LogP contribution in [0.5, 0.6) is 0 Å². The van der Waals surface area contributed by atoms with E-state index >= 15 is 0 Å². The number of carbonyl (C=O) groups excluding carboxylic acids is 2. The molecule has 0 saturated carbocycles. The van der Waals surface area contributed by atoms with Crippen LogP contribution >= 0.6 is 15.9 Å². The van der Waals surface area contributed by atoms with E-state index in [0.29, 0.717) is 22.3 Å². The van der Waals surface area contributed by atoms with Crippen LogP contribution in [0.25, 0.3) is 5.52 Å². The molecular formula is C17H12BrNO3.